The maximum Gasteiger partial charge on any atom is 0.326 e. The van der Waals surface area contributed by atoms with Crippen LogP contribution < -0.4 is 10.8 Å². The molecule has 19 heavy (non-hydrogen) atoms. The molecule has 7 heteroatoms. The van der Waals surface area contributed by atoms with Crippen molar-refractivity contribution >= 4 is 17.0 Å². The zero-order valence-electron chi connectivity index (χ0n) is 10.5. The summed E-state index contributed by atoms with van der Waals surface area (Å²) >= 11 is 0. The number of hydrogen-bond donors (Lipinski definition) is 1. The van der Waals surface area contributed by atoms with Gasteiger partial charge in [0, 0.05) is 19.8 Å². The lowest BCUT2D eigenvalue weighted by Crippen LogP contribution is -2.29. The number of methoxy groups -OCH3 is 2. The fraction of sp³-hybridized carbons (Fsp3) is 0.333. The Morgan fingerprint density at radius 3 is 2.68 bits per heavy atom. The average molecular weight is 265 g/mol. The summed E-state index contributed by atoms with van der Waals surface area (Å²) in [5, 5.41) is 11.1. The highest BCUT2D eigenvalue weighted by Crippen LogP contribution is 2.16. The Labute approximate surface area is 108 Å². The van der Waals surface area contributed by atoms with Crippen LogP contribution in [-0.4, -0.2) is 36.0 Å². The van der Waals surface area contributed by atoms with Crippen LogP contribution in [0.4, 0.5) is 0 Å². The van der Waals surface area contributed by atoms with Gasteiger partial charge in [-0.3, -0.25) is 4.57 Å². The van der Waals surface area contributed by atoms with Crippen LogP contribution >= 0.6 is 0 Å². The second-order valence-corrected chi connectivity index (χ2v) is 3.93. The average Bonchev–Trinajstić information content (AvgIpc) is 2.71. The van der Waals surface area contributed by atoms with Gasteiger partial charge in [-0.25, -0.2) is 4.79 Å². The number of nitrogens with one attached hydrogen (secondary N) is 1. The molecule has 0 radical (unpaired) electrons. The second kappa shape index (κ2) is 5.25. The van der Waals surface area contributed by atoms with E-state index in [1.165, 1.54) is 30.9 Å². The topological polar surface area (TPSA) is 96.4 Å². The zero-order chi connectivity index (χ0) is 14.0. The lowest BCUT2D eigenvalue weighted by molar-refractivity contribution is -0.254. The Morgan fingerprint density at radius 1 is 1.42 bits per heavy atom. The van der Waals surface area contributed by atoms with E-state index in [0.717, 1.165) is 0 Å². The van der Waals surface area contributed by atoms with Crippen molar-refractivity contribution in [2.45, 2.75) is 12.8 Å². The summed E-state index contributed by atoms with van der Waals surface area (Å²) in [6, 6.07) is 4.54. The number of carboxylic acid groups (broad SMARTS) is 1. The molecule has 1 aromatic heterocycles. The molecule has 1 N–H and O–H groups in total. The third-order valence-corrected chi connectivity index (χ3v) is 2.87. The summed E-state index contributed by atoms with van der Waals surface area (Å²) in [4.78, 5) is 25.5. The Kier molecular flexibility index (Phi) is 3.68. The smallest absolute Gasteiger partial charge is 0.326 e. The van der Waals surface area contributed by atoms with Crippen molar-refractivity contribution in [2.75, 3.05) is 14.2 Å². The summed E-state index contributed by atoms with van der Waals surface area (Å²) in [6.07, 6.45) is -0.647. The van der Waals surface area contributed by atoms with Gasteiger partial charge in [-0.15, -0.1) is 0 Å². The summed E-state index contributed by atoms with van der Waals surface area (Å²) in [5.74, 6) is -1.34. The van der Waals surface area contributed by atoms with Gasteiger partial charge in [0.05, 0.1) is 23.5 Å². The van der Waals surface area contributed by atoms with Crippen LogP contribution in [0, 0.1) is 0 Å². The van der Waals surface area contributed by atoms with Crippen LogP contribution in [0.5, 0.6) is 0 Å². The molecule has 0 bridgehead atoms. The molecule has 0 spiro atoms. The predicted molar refractivity (Wildman–Crippen MR) is 64.7 cm³/mol. The Balaban J connectivity index is 2.62. The Bertz CT molecular complexity index is 654. The van der Waals surface area contributed by atoms with Gasteiger partial charge in [-0.2, -0.15) is 0 Å². The van der Waals surface area contributed by atoms with Crippen LogP contribution in [0.1, 0.15) is 10.4 Å². The molecule has 7 nitrogen and oxygen atoms in total. The standard InChI is InChI=1S/C12H14N2O5/c1-18-9(19-2)6-14-10-7(11(15)16)4-3-5-8(10)13-12(14)17/h3-5,9H,6H2,1-2H3,(H,13,17)(H,15,16)/p-1. The van der Waals surface area contributed by atoms with E-state index in [4.69, 9.17) is 9.47 Å². The Hall–Kier alpha value is -2.12. The summed E-state index contributed by atoms with van der Waals surface area (Å²) in [5.41, 5.74) is 0.217. The first-order valence-electron chi connectivity index (χ1n) is 5.57. The molecule has 0 atom stereocenters. The molecular formula is C12H13N2O5-. The number of imidazole rings is 1. The maximum absolute atomic E-state index is 11.9. The number of carbonyl (C=O) groups is 1. The van der Waals surface area contributed by atoms with E-state index < -0.39 is 17.9 Å². The number of H-pyrrole nitrogens is 1. The number of rotatable bonds is 5. The van der Waals surface area contributed by atoms with Gasteiger partial charge in [0.1, 0.15) is 0 Å². The van der Waals surface area contributed by atoms with Crippen molar-refractivity contribution in [3.63, 3.8) is 0 Å². The first-order valence-corrected chi connectivity index (χ1v) is 5.57. The van der Waals surface area contributed by atoms with E-state index in [1.807, 2.05) is 0 Å². The molecule has 102 valence electrons. The SMILES string of the molecule is COC(Cn1c(=O)[nH]c2cccc(C(=O)[O-])c21)OC. The lowest BCUT2D eigenvalue weighted by atomic mass is 10.2. The van der Waals surface area contributed by atoms with Crippen LogP contribution in [0.25, 0.3) is 11.0 Å². The number of benzene rings is 1. The fourth-order valence-corrected chi connectivity index (χ4v) is 1.95. The number of carbonyl (C=O) groups excluding carboxylic acids is 1. The number of fused-ring (bicyclic) bond motifs is 1. The molecule has 0 aliphatic rings. The van der Waals surface area contributed by atoms with Crippen LogP contribution in [0.2, 0.25) is 0 Å². The zero-order valence-corrected chi connectivity index (χ0v) is 10.5. The number of aromatic amines is 1. The molecule has 2 rings (SSSR count). The first-order chi connectivity index (χ1) is 9.08. The molecule has 0 aliphatic heterocycles. The van der Waals surface area contributed by atoms with Gasteiger partial charge < -0.3 is 24.4 Å². The Morgan fingerprint density at radius 2 is 2.11 bits per heavy atom. The van der Waals surface area contributed by atoms with Crippen molar-refractivity contribution in [3.8, 4) is 0 Å². The lowest BCUT2D eigenvalue weighted by Gasteiger charge is -2.15. The molecule has 0 unspecified atom stereocenters. The van der Waals surface area contributed by atoms with Gasteiger partial charge >= 0.3 is 5.69 Å². The van der Waals surface area contributed by atoms with Gasteiger partial charge in [-0.05, 0) is 6.07 Å². The number of aromatic carboxylic acids is 1. The largest absolute Gasteiger partial charge is 0.545 e. The minimum Gasteiger partial charge on any atom is -0.545 e. The molecule has 2 aromatic rings. The van der Waals surface area contributed by atoms with Gasteiger partial charge in [-0.1, -0.05) is 12.1 Å². The first kappa shape index (κ1) is 13.3. The van der Waals surface area contributed by atoms with E-state index in [9.17, 15) is 14.7 Å². The number of nitrogens with zero attached hydrogens (tertiary/aromatic N) is 1. The summed E-state index contributed by atoms with van der Waals surface area (Å²) in [6.45, 7) is 0.0795. The van der Waals surface area contributed by atoms with Crippen LogP contribution in [-0.2, 0) is 16.0 Å². The molecule has 0 fully saturated rings. The summed E-state index contributed by atoms with van der Waals surface area (Å²) in [7, 11) is 2.88. The second-order valence-electron chi connectivity index (χ2n) is 3.93. The maximum atomic E-state index is 11.9. The van der Waals surface area contributed by atoms with Gasteiger partial charge in [0.15, 0.2) is 6.29 Å². The molecule has 0 saturated heterocycles. The number of hydrogen-bond acceptors (Lipinski definition) is 5. The van der Waals surface area contributed by atoms with Crippen molar-refractivity contribution in [2.24, 2.45) is 0 Å². The number of carboxylic acids is 1. The van der Waals surface area contributed by atoms with Crippen LogP contribution in [0.3, 0.4) is 0 Å². The van der Waals surface area contributed by atoms with E-state index in [0.29, 0.717) is 5.52 Å². The van der Waals surface area contributed by atoms with Crippen LogP contribution in [0.15, 0.2) is 23.0 Å². The number of aromatic nitrogens is 2. The minimum absolute atomic E-state index is 0.0539. The van der Waals surface area contributed by atoms with Gasteiger partial charge in [0.25, 0.3) is 0 Å². The highest BCUT2D eigenvalue weighted by atomic mass is 16.7. The van der Waals surface area contributed by atoms with E-state index >= 15 is 0 Å². The van der Waals surface area contributed by atoms with Crippen molar-refractivity contribution in [1.82, 2.24) is 9.55 Å². The van der Waals surface area contributed by atoms with Crippen molar-refractivity contribution in [3.05, 3.63) is 34.2 Å². The molecule has 0 aliphatic carbocycles. The molecule has 1 heterocycles. The third kappa shape index (κ3) is 2.38. The van der Waals surface area contributed by atoms with Gasteiger partial charge in [0.2, 0.25) is 0 Å². The number of para-hydroxylation sites is 1. The predicted octanol–water partition coefficient (Wildman–Crippen LogP) is -0.688. The third-order valence-electron chi connectivity index (χ3n) is 2.87. The van der Waals surface area contributed by atoms with E-state index in [2.05, 4.69) is 4.98 Å². The van der Waals surface area contributed by atoms with Crippen molar-refractivity contribution in [1.29, 1.82) is 0 Å². The molecule has 0 amide bonds. The normalized spacial score (nSPS) is 11.3. The number of ether oxygens (including phenoxy) is 2. The fourth-order valence-electron chi connectivity index (χ4n) is 1.95. The highest BCUT2D eigenvalue weighted by molar-refractivity contribution is 6.00. The highest BCUT2D eigenvalue weighted by Gasteiger charge is 2.15. The minimum atomic E-state index is -1.34. The van der Waals surface area contributed by atoms with E-state index in [1.54, 1.807) is 6.07 Å². The molecular weight excluding hydrogens is 252 g/mol. The monoisotopic (exact) mass is 265 g/mol. The van der Waals surface area contributed by atoms with Crippen molar-refractivity contribution < 1.29 is 19.4 Å². The summed E-state index contributed by atoms with van der Waals surface area (Å²) < 4.78 is 11.3. The van der Waals surface area contributed by atoms with E-state index in [-0.39, 0.29) is 17.6 Å². The molecule has 0 saturated carbocycles. The molecule has 1 aromatic carbocycles. The quantitative estimate of drug-likeness (QED) is 0.722.